The Bertz CT molecular complexity index is 1590. The normalized spacial score (nSPS) is 15.0. The summed E-state index contributed by atoms with van der Waals surface area (Å²) in [5, 5.41) is 10.5. The third-order valence-electron chi connectivity index (χ3n) is 7.15. The zero-order valence-electron chi connectivity index (χ0n) is 21.8. The number of halogens is 1. The molecule has 0 saturated heterocycles. The standard InChI is InChI=1S/C30H28FN3O5/c1-33-29(18-6-8-20(31)9-7-18)21(22-5-4-13-32-30(22)33)10-11-27(35)34-14-12-19-15-25(38-2)26(39-3)16-23(19)24(34)17-28(36)37/h4-11,13,15-16,24H,12,14,17H2,1-3H3,(H,36,37). The Hall–Kier alpha value is -4.66. The predicted molar refractivity (Wildman–Crippen MR) is 145 cm³/mol. The summed E-state index contributed by atoms with van der Waals surface area (Å²) >= 11 is 0. The van der Waals surface area contributed by atoms with Gasteiger partial charge in [0.1, 0.15) is 11.5 Å². The lowest BCUT2D eigenvalue weighted by Gasteiger charge is -2.36. The number of ether oxygens (including phenoxy) is 2. The van der Waals surface area contributed by atoms with Crippen molar-refractivity contribution in [2.75, 3.05) is 20.8 Å². The van der Waals surface area contributed by atoms with Gasteiger partial charge in [0.2, 0.25) is 5.91 Å². The second-order valence-corrected chi connectivity index (χ2v) is 9.34. The average Bonchev–Trinajstić information content (AvgIpc) is 3.22. The van der Waals surface area contributed by atoms with Gasteiger partial charge in [-0.15, -0.1) is 0 Å². The Kier molecular flexibility index (Phi) is 7.06. The number of aliphatic carboxylic acids is 1. The molecule has 200 valence electrons. The molecule has 4 aromatic rings. The van der Waals surface area contributed by atoms with Gasteiger partial charge in [-0.25, -0.2) is 9.37 Å². The lowest BCUT2D eigenvalue weighted by atomic mass is 9.90. The smallest absolute Gasteiger partial charge is 0.305 e. The number of carboxylic acid groups (broad SMARTS) is 1. The van der Waals surface area contributed by atoms with E-state index in [0.717, 1.165) is 39.0 Å². The van der Waals surface area contributed by atoms with Crippen molar-refractivity contribution < 1.29 is 28.6 Å². The van der Waals surface area contributed by atoms with Crippen molar-refractivity contribution in [3.63, 3.8) is 0 Å². The van der Waals surface area contributed by atoms with Gasteiger partial charge in [0, 0.05) is 36.8 Å². The van der Waals surface area contributed by atoms with E-state index in [1.54, 1.807) is 42.5 Å². The number of amides is 1. The highest BCUT2D eigenvalue weighted by Crippen LogP contribution is 2.40. The van der Waals surface area contributed by atoms with Crippen molar-refractivity contribution >= 4 is 29.0 Å². The SMILES string of the molecule is COc1cc2c(cc1OC)C(CC(=O)O)N(C(=O)C=Cc1c(-c3ccc(F)cc3)n(C)c3ncccc13)CC2. The largest absolute Gasteiger partial charge is 0.493 e. The second kappa shape index (κ2) is 10.6. The van der Waals surface area contributed by atoms with Crippen LogP contribution in [0.4, 0.5) is 4.39 Å². The number of benzene rings is 2. The molecule has 1 amide bonds. The highest BCUT2D eigenvalue weighted by atomic mass is 19.1. The summed E-state index contributed by atoms with van der Waals surface area (Å²) in [4.78, 5) is 31.5. The number of methoxy groups -OCH3 is 2. The summed E-state index contributed by atoms with van der Waals surface area (Å²) in [5.41, 5.74) is 4.70. The van der Waals surface area contributed by atoms with E-state index in [9.17, 15) is 19.1 Å². The van der Waals surface area contributed by atoms with Crippen molar-refractivity contribution in [2.45, 2.75) is 18.9 Å². The van der Waals surface area contributed by atoms with Crippen molar-refractivity contribution in [3.8, 4) is 22.8 Å². The first-order valence-electron chi connectivity index (χ1n) is 12.5. The minimum Gasteiger partial charge on any atom is -0.493 e. The minimum absolute atomic E-state index is 0.249. The van der Waals surface area contributed by atoms with Gasteiger partial charge in [-0.05, 0) is 77.7 Å². The van der Waals surface area contributed by atoms with Crippen molar-refractivity contribution in [1.82, 2.24) is 14.5 Å². The fourth-order valence-corrected chi connectivity index (χ4v) is 5.34. The fraction of sp³-hybridized carbons (Fsp3) is 0.233. The number of hydrogen-bond donors (Lipinski definition) is 1. The number of nitrogens with zero attached hydrogens (tertiary/aromatic N) is 3. The number of aromatic nitrogens is 2. The fourth-order valence-electron chi connectivity index (χ4n) is 5.34. The lowest BCUT2D eigenvalue weighted by molar-refractivity contribution is -0.140. The van der Waals surface area contributed by atoms with Gasteiger partial charge < -0.3 is 24.0 Å². The Morgan fingerprint density at radius 2 is 1.85 bits per heavy atom. The van der Waals surface area contributed by atoms with E-state index in [0.29, 0.717) is 24.5 Å². The van der Waals surface area contributed by atoms with Crippen LogP contribution in [0.25, 0.3) is 28.4 Å². The van der Waals surface area contributed by atoms with E-state index in [1.807, 2.05) is 29.8 Å². The van der Waals surface area contributed by atoms with Crippen LogP contribution < -0.4 is 9.47 Å². The molecule has 39 heavy (non-hydrogen) atoms. The number of pyridine rings is 1. The maximum atomic E-state index is 13.7. The number of carbonyl (C=O) groups is 2. The van der Waals surface area contributed by atoms with E-state index < -0.39 is 12.0 Å². The van der Waals surface area contributed by atoms with Gasteiger partial charge in [-0.3, -0.25) is 9.59 Å². The van der Waals surface area contributed by atoms with Gasteiger partial charge in [-0.2, -0.15) is 0 Å². The molecule has 9 heteroatoms. The summed E-state index contributed by atoms with van der Waals surface area (Å²) in [6.45, 7) is 0.353. The van der Waals surface area contributed by atoms with Crippen LogP contribution in [0.2, 0.25) is 0 Å². The molecule has 3 heterocycles. The molecule has 0 aliphatic carbocycles. The first kappa shape index (κ1) is 26.0. The molecule has 1 aliphatic heterocycles. The van der Waals surface area contributed by atoms with Crippen LogP contribution in [0.15, 0.2) is 60.8 Å². The molecule has 0 bridgehead atoms. The molecule has 5 rings (SSSR count). The van der Waals surface area contributed by atoms with Gasteiger partial charge in [0.15, 0.2) is 11.5 Å². The molecule has 0 radical (unpaired) electrons. The average molecular weight is 530 g/mol. The van der Waals surface area contributed by atoms with Gasteiger partial charge in [0.25, 0.3) is 0 Å². The first-order valence-corrected chi connectivity index (χ1v) is 12.5. The topological polar surface area (TPSA) is 93.9 Å². The molecule has 1 N–H and O–H groups in total. The molecule has 1 aliphatic rings. The Labute approximate surface area is 224 Å². The summed E-state index contributed by atoms with van der Waals surface area (Å²) in [6.07, 6.45) is 5.19. The highest BCUT2D eigenvalue weighted by Gasteiger charge is 2.33. The van der Waals surface area contributed by atoms with Crippen LogP contribution in [-0.4, -0.2) is 52.2 Å². The Morgan fingerprint density at radius 1 is 1.13 bits per heavy atom. The molecule has 2 aromatic heterocycles. The van der Waals surface area contributed by atoms with E-state index in [-0.39, 0.29) is 18.1 Å². The Balaban J connectivity index is 1.55. The van der Waals surface area contributed by atoms with Crippen molar-refractivity contribution in [3.05, 3.63) is 83.3 Å². The quantitative estimate of drug-likeness (QED) is 0.338. The molecule has 0 saturated carbocycles. The number of carbonyl (C=O) groups excluding carboxylic acids is 1. The van der Waals surface area contributed by atoms with E-state index >= 15 is 0 Å². The van der Waals surface area contributed by atoms with Crippen LogP contribution in [0.5, 0.6) is 11.5 Å². The maximum absolute atomic E-state index is 13.7. The predicted octanol–water partition coefficient (Wildman–Crippen LogP) is 5.01. The van der Waals surface area contributed by atoms with Crippen LogP contribution >= 0.6 is 0 Å². The van der Waals surface area contributed by atoms with E-state index in [2.05, 4.69) is 4.98 Å². The third kappa shape index (κ3) is 4.83. The molecule has 0 spiro atoms. The number of carboxylic acids is 1. The summed E-state index contributed by atoms with van der Waals surface area (Å²) < 4.78 is 26.4. The summed E-state index contributed by atoms with van der Waals surface area (Å²) in [5.74, 6) is -0.630. The number of rotatable bonds is 7. The molecule has 0 fully saturated rings. The molecule has 1 atom stereocenters. The number of aryl methyl sites for hydroxylation is 1. The van der Waals surface area contributed by atoms with Crippen LogP contribution in [0.3, 0.4) is 0 Å². The summed E-state index contributed by atoms with van der Waals surface area (Å²) in [6, 6.07) is 12.8. The highest BCUT2D eigenvalue weighted by molar-refractivity contribution is 6.00. The zero-order valence-corrected chi connectivity index (χ0v) is 21.8. The molecule has 8 nitrogen and oxygen atoms in total. The molecular weight excluding hydrogens is 501 g/mol. The van der Waals surface area contributed by atoms with Gasteiger partial charge in [0.05, 0.1) is 32.4 Å². The van der Waals surface area contributed by atoms with Gasteiger partial charge in [-0.1, -0.05) is 0 Å². The zero-order chi connectivity index (χ0) is 27.7. The molecule has 1 unspecified atom stereocenters. The van der Waals surface area contributed by atoms with Crippen LogP contribution in [0, 0.1) is 5.82 Å². The monoisotopic (exact) mass is 529 g/mol. The van der Waals surface area contributed by atoms with Crippen molar-refractivity contribution in [1.29, 1.82) is 0 Å². The van der Waals surface area contributed by atoms with Gasteiger partial charge >= 0.3 is 5.97 Å². The first-order chi connectivity index (χ1) is 18.8. The minimum atomic E-state index is -1.01. The van der Waals surface area contributed by atoms with Crippen LogP contribution in [0.1, 0.15) is 29.2 Å². The second-order valence-electron chi connectivity index (χ2n) is 9.34. The van der Waals surface area contributed by atoms with Crippen molar-refractivity contribution in [2.24, 2.45) is 7.05 Å². The summed E-state index contributed by atoms with van der Waals surface area (Å²) in [7, 11) is 4.94. The van der Waals surface area contributed by atoms with E-state index in [4.69, 9.17) is 9.47 Å². The maximum Gasteiger partial charge on any atom is 0.305 e. The van der Waals surface area contributed by atoms with Crippen LogP contribution in [-0.2, 0) is 23.1 Å². The molecule has 2 aromatic carbocycles. The van der Waals surface area contributed by atoms with E-state index in [1.165, 1.54) is 25.3 Å². The number of hydrogen-bond acceptors (Lipinski definition) is 5. The molecular formula is C30H28FN3O5. The lowest BCUT2D eigenvalue weighted by Crippen LogP contribution is -2.40. The Morgan fingerprint density at radius 3 is 2.54 bits per heavy atom. The number of fused-ring (bicyclic) bond motifs is 2. The third-order valence-corrected chi connectivity index (χ3v) is 7.15.